The van der Waals surface area contributed by atoms with Gasteiger partial charge in [-0.2, -0.15) is 0 Å². The first-order chi connectivity index (χ1) is 11.9. The van der Waals surface area contributed by atoms with Gasteiger partial charge in [0, 0.05) is 33.2 Å². The Labute approximate surface area is 155 Å². The molecule has 130 valence electrons. The summed E-state index contributed by atoms with van der Waals surface area (Å²) < 4.78 is 7.35. The van der Waals surface area contributed by atoms with E-state index in [1.807, 2.05) is 31.2 Å². The van der Waals surface area contributed by atoms with E-state index >= 15 is 0 Å². The Hall–Kier alpha value is -2.17. The molecule has 0 atom stereocenters. The molecule has 0 saturated carbocycles. The Balaban J connectivity index is 2.18. The lowest BCUT2D eigenvalue weighted by molar-refractivity contribution is -0.136. The van der Waals surface area contributed by atoms with Crippen LogP contribution in [-0.4, -0.2) is 22.8 Å². The average molecular weight is 378 g/mol. The number of carboxylic acid groups (broad SMARTS) is 1. The van der Waals surface area contributed by atoms with Crippen molar-refractivity contribution < 1.29 is 14.6 Å². The Morgan fingerprint density at radius 1 is 1.20 bits per heavy atom. The van der Waals surface area contributed by atoms with E-state index in [-0.39, 0.29) is 6.42 Å². The summed E-state index contributed by atoms with van der Waals surface area (Å²) in [5.41, 5.74) is 3.48. The SMILES string of the molecule is COc1ccc2c(c1)c(CC(=O)O)c(C)n2Cc1cc(Cl)ccc1Cl. The van der Waals surface area contributed by atoms with Crippen molar-refractivity contribution in [2.45, 2.75) is 19.9 Å². The van der Waals surface area contributed by atoms with Crippen LogP contribution in [0.15, 0.2) is 36.4 Å². The quantitative estimate of drug-likeness (QED) is 0.684. The minimum Gasteiger partial charge on any atom is -0.497 e. The van der Waals surface area contributed by atoms with E-state index in [1.54, 1.807) is 19.2 Å². The van der Waals surface area contributed by atoms with Crippen LogP contribution in [0.3, 0.4) is 0 Å². The number of carboxylic acids is 1. The van der Waals surface area contributed by atoms with Crippen LogP contribution in [0.5, 0.6) is 5.75 Å². The van der Waals surface area contributed by atoms with Crippen LogP contribution in [0, 0.1) is 6.92 Å². The van der Waals surface area contributed by atoms with Gasteiger partial charge in [-0.1, -0.05) is 23.2 Å². The largest absolute Gasteiger partial charge is 0.497 e. The lowest BCUT2D eigenvalue weighted by atomic mass is 10.1. The Bertz CT molecular complexity index is 963. The predicted octanol–water partition coefficient (Wildman–Crippen LogP) is 4.94. The minimum absolute atomic E-state index is 0.0498. The van der Waals surface area contributed by atoms with Crippen molar-refractivity contribution in [2.24, 2.45) is 0 Å². The summed E-state index contributed by atoms with van der Waals surface area (Å²) in [6.07, 6.45) is -0.0498. The molecule has 4 nitrogen and oxygen atoms in total. The van der Waals surface area contributed by atoms with E-state index in [0.717, 1.165) is 27.7 Å². The second-order valence-corrected chi connectivity index (χ2v) is 6.68. The number of hydrogen-bond acceptors (Lipinski definition) is 2. The van der Waals surface area contributed by atoms with E-state index in [4.69, 9.17) is 27.9 Å². The number of aromatic nitrogens is 1. The highest BCUT2D eigenvalue weighted by Crippen LogP contribution is 2.32. The van der Waals surface area contributed by atoms with Gasteiger partial charge in [-0.25, -0.2) is 0 Å². The third-order valence-electron chi connectivity index (χ3n) is 4.33. The fraction of sp³-hybridized carbons (Fsp3) is 0.211. The molecule has 0 bridgehead atoms. The summed E-state index contributed by atoms with van der Waals surface area (Å²) in [7, 11) is 1.59. The second kappa shape index (κ2) is 6.98. The van der Waals surface area contributed by atoms with E-state index in [0.29, 0.717) is 22.3 Å². The molecule has 3 aromatic rings. The number of nitrogens with zero attached hydrogens (tertiary/aromatic N) is 1. The molecule has 1 N–H and O–H groups in total. The molecular formula is C19H17Cl2NO3. The number of benzene rings is 2. The predicted molar refractivity (Wildman–Crippen MR) is 100 cm³/mol. The summed E-state index contributed by atoms with van der Waals surface area (Å²) in [6, 6.07) is 11.0. The maximum absolute atomic E-state index is 11.3. The fourth-order valence-corrected chi connectivity index (χ4v) is 3.44. The van der Waals surface area contributed by atoms with Crippen molar-refractivity contribution in [1.82, 2.24) is 4.57 Å². The highest BCUT2D eigenvalue weighted by molar-refractivity contribution is 6.33. The molecule has 0 unspecified atom stereocenters. The Morgan fingerprint density at radius 2 is 1.96 bits per heavy atom. The molecule has 0 spiro atoms. The Kier molecular flexibility index (Phi) is 4.93. The summed E-state index contributed by atoms with van der Waals surface area (Å²) in [6.45, 7) is 2.43. The molecule has 0 aliphatic heterocycles. The first-order valence-corrected chi connectivity index (χ1v) is 8.47. The first-order valence-electron chi connectivity index (χ1n) is 7.72. The summed E-state index contributed by atoms with van der Waals surface area (Å²) in [4.78, 5) is 11.3. The van der Waals surface area contributed by atoms with E-state index in [1.165, 1.54) is 0 Å². The highest BCUT2D eigenvalue weighted by Gasteiger charge is 2.18. The third kappa shape index (κ3) is 3.46. The number of carbonyl (C=O) groups is 1. The van der Waals surface area contributed by atoms with Gasteiger partial charge in [0.25, 0.3) is 0 Å². The molecule has 0 saturated heterocycles. The molecule has 6 heteroatoms. The molecule has 3 rings (SSSR count). The third-order valence-corrected chi connectivity index (χ3v) is 4.93. The molecule has 0 fully saturated rings. The van der Waals surface area contributed by atoms with E-state index < -0.39 is 5.97 Å². The van der Waals surface area contributed by atoms with Crippen molar-refractivity contribution in [3.05, 3.63) is 63.3 Å². The zero-order chi connectivity index (χ0) is 18.1. The van der Waals surface area contributed by atoms with Gasteiger partial charge in [-0.15, -0.1) is 0 Å². The van der Waals surface area contributed by atoms with Crippen LogP contribution in [0.2, 0.25) is 10.0 Å². The van der Waals surface area contributed by atoms with Gasteiger partial charge in [-0.05, 0) is 54.4 Å². The van der Waals surface area contributed by atoms with E-state index in [2.05, 4.69) is 4.57 Å². The molecular weight excluding hydrogens is 361 g/mol. The number of hydrogen-bond donors (Lipinski definition) is 1. The van der Waals surface area contributed by atoms with E-state index in [9.17, 15) is 9.90 Å². The smallest absolute Gasteiger partial charge is 0.307 e. The van der Waals surface area contributed by atoms with Crippen molar-refractivity contribution in [1.29, 1.82) is 0 Å². The van der Waals surface area contributed by atoms with Crippen LogP contribution in [0.4, 0.5) is 0 Å². The molecule has 25 heavy (non-hydrogen) atoms. The summed E-state index contributed by atoms with van der Waals surface area (Å²) in [5, 5.41) is 11.4. The average Bonchev–Trinajstić information content (AvgIpc) is 2.82. The molecule has 2 aromatic carbocycles. The maximum atomic E-state index is 11.3. The summed E-state index contributed by atoms with van der Waals surface area (Å²) in [5.74, 6) is -0.178. The number of fused-ring (bicyclic) bond motifs is 1. The van der Waals surface area contributed by atoms with Gasteiger partial charge in [0.1, 0.15) is 5.75 Å². The van der Waals surface area contributed by atoms with Crippen molar-refractivity contribution in [2.75, 3.05) is 7.11 Å². The van der Waals surface area contributed by atoms with Crippen molar-refractivity contribution >= 4 is 40.1 Å². The van der Waals surface area contributed by atoms with Gasteiger partial charge in [-0.3, -0.25) is 4.79 Å². The zero-order valence-electron chi connectivity index (χ0n) is 13.8. The van der Waals surface area contributed by atoms with Crippen molar-refractivity contribution in [3.63, 3.8) is 0 Å². The number of methoxy groups -OCH3 is 1. The van der Waals surface area contributed by atoms with Gasteiger partial charge < -0.3 is 14.4 Å². The second-order valence-electron chi connectivity index (χ2n) is 5.84. The number of ether oxygens (including phenoxy) is 1. The number of rotatable bonds is 5. The monoisotopic (exact) mass is 377 g/mol. The number of halogens is 2. The molecule has 0 aliphatic carbocycles. The topological polar surface area (TPSA) is 51.5 Å². The molecule has 0 amide bonds. The standard InChI is InChI=1S/C19H17Cl2NO3/c1-11-15(9-19(23)24)16-8-14(25-2)4-6-18(16)22(11)10-12-7-13(20)3-5-17(12)21/h3-8H,9-10H2,1-2H3,(H,23,24). The van der Waals surface area contributed by atoms with Crippen LogP contribution in [-0.2, 0) is 17.8 Å². The minimum atomic E-state index is -0.870. The van der Waals surface area contributed by atoms with Gasteiger partial charge in [0.2, 0.25) is 0 Å². The van der Waals surface area contributed by atoms with Gasteiger partial charge in [0.05, 0.1) is 13.5 Å². The molecule has 1 aromatic heterocycles. The normalized spacial score (nSPS) is 11.0. The molecule has 0 radical (unpaired) electrons. The molecule has 1 heterocycles. The van der Waals surface area contributed by atoms with Gasteiger partial charge >= 0.3 is 5.97 Å². The van der Waals surface area contributed by atoms with Crippen LogP contribution < -0.4 is 4.74 Å². The maximum Gasteiger partial charge on any atom is 0.307 e. The lowest BCUT2D eigenvalue weighted by Crippen LogP contribution is -2.05. The fourth-order valence-electron chi connectivity index (χ4n) is 3.07. The van der Waals surface area contributed by atoms with Crippen LogP contribution >= 0.6 is 23.2 Å². The van der Waals surface area contributed by atoms with Crippen molar-refractivity contribution in [3.8, 4) is 5.75 Å². The summed E-state index contributed by atoms with van der Waals surface area (Å²) >= 11 is 12.4. The Morgan fingerprint density at radius 3 is 2.64 bits per heavy atom. The zero-order valence-corrected chi connectivity index (χ0v) is 15.4. The first kappa shape index (κ1) is 17.6. The van der Waals surface area contributed by atoms with Crippen LogP contribution in [0.25, 0.3) is 10.9 Å². The highest BCUT2D eigenvalue weighted by atomic mass is 35.5. The number of aliphatic carboxylic acids is 1. The molecule has 0 aliphatic rings. The van der Waals surface area contributed by atoms with Crippen LogP contribution in [0.1, 0.15) is 16.8 Å². The van der Waals surface area contributed by atoms with Gasteiger partial charge in [0.15, 0.2) is 0 Å². The lowest BCUT2D eigenvalue weighted by Gasteiger charge is -2.11.